The number of hydrogen-bond donors (Lipinski definition) is 2. The summed E-state index contributed by atoms with van der Waals surface area (Å²) in [6.07, 6.45) is 0.875. The Hall–Kier alpha value is -1.96. The monoisotopic (exact) mass is 440 g/mol. The number of aliphatic hydroxyl groups is 1. The lowest BCUT2D eigenvalue weighted by atomic mass is 10.1. The second-order valence-corrected chi connectivity index (χ2v) is 7.96. The minimum atomic E-state index is -0.363. The molecule has 0 fully saturated rings. The van der Waals surface area contributed by atoms with E-state index in [0.717, 1.165) is 12.0 Å². The number of anilines is 1. The van der Waals surface area contributed by atoms with Crippen LogP contribution < -0.4 is 5.32 Å². The fourth-order valence-corrected chi connectivity index (χ4v) is 3.27. The van der Waals surface area contributed by atoms with E-state index in [1.807, 2.05) is 6.92 Å². The molecule has 0 heterocycles. The summed E-state index contributed by atoms with van der Waals surface area (Å²) in [6, 6.07) is 7.54. The summed E-state index contributed by atoms with van der Waals surface area (Å²) >= 11 is 7.49. The molecule has 0 aliphatic rings. The number of hydrogen-bond acceptors (Lipinski definition) is 5. The second kappa shape index (κ2) is 12.6. The number of carbonyl (C=O) groups is 1. The predicted octanol–water partition coefficient (Wildman–Crippen LogP) is 5.98. The number of carbonyl (C=O) groups excluding carboxylic acids is 1. The van der Waals surface area contributed by atoms with Crippen molar-refractivity contribution in [2.75, 3.05) is 17.7 Å². The highest BCUT2D eigenvalue weighted by Crippen LogP contribution is 2.29. The molecule has 8 heteroatoms. The van der Waals surface area contributed by atoms with Gasteiger partial charge in [0.15, 0.2) is 0 Å². The maximum atomic E-state index is 13.8. The number of aliphatic hydroxyl groups excluding tert-OH is 1. The zero-order chi connectivity index (χ0) is 22.0. The molecule has 0 saturated carbocycles. The first-order chi connectivity index (χ1) is 13.7. The van der Waals surface area contributed by atoms with Crippen LogP contribution in [0, 0.1) is 24.6 Å². The van der Waals surface area contributed by atoms with Gasteiger partial charge in [0, 0.05) is 28.5 Å². The molecule has 0 bridgehead atoms. The molecule has 2 aromatic carbocycles. The van der Waals surface area contributed by atoms with Gasteiger partial charge in [0.1, 0.15) is 5.82 Å². The lowest BCUT2D eigenvalue weighted by Crippen LogP contribution is -2.12. The number of nitroso groups, excluding NO2 is 1. The first-order valence-corrected chi connectivity index (χ1v) is 10.5. The molecular formula is C21H26ClFN2O3S. The molecule has 29 heavy (non-hydrogen) atoms. The van der Waals surface area contributed by atoms with Crippen LogP contribution in [0.25, 0.3) is 0 Å². The number of halogens is 2. The van der Waals surface area contributed by atoms with Crippen molar-refractivity contribution in [3.8, 4) is 0 Å². The fourth-order valence-electron chi connectivity index (χ4n) is 2.09. The number of aryl methyl sites for hydroxylation is 1. The molecule has 158 valence electrons. The molecule has 5 nitrogen and oxygen atoms in total. The van der Waals surface area contributed by atoms with Gasteiger partial charge >= 0.3 is 0 Å². The summed E-state index contributed by atoms with van der Waals surface area (Å²) in [4.78, 5) is 23.6. The number of benzene rings is 2. The van der Waals surface area contributed by atoms with Gasteiger partial charge in [-0.25, -0.2) is 4.39 Å². The smallest absolute Gasteiger partial charge is 0.255 e. The highest BCUT2D eigenvalue weighted by molar-refractivity contribution is 7.99. The number of nitrogens with one attached hydrogen (secondary N) is 1. The van der Waals surface area contributed by atoms with Gasteiger partial charge in [0.05, 0.1) is 11.1 Å². The standard InChI is InChI=1S/C18H18ClFN2O2S.C3H8O/c1-10-6-14(8-16(20)12(10)3)21-18(23)13-4-5-15(19)17(7-13)25-9-11(2)22-24;1-2-3-4/h4-8,11H,9H2,1-3H3,(H,21,23);4H,2-3H2,1H3. The Bertz CT molecular complexity index is 824. The highest BCUT2D eigenvalue weighted by atomic mass is 35.5. The Balaban J connectivity index is 0.000000960. The van der Waals surface area contributed by atoms with E-state index in [1.165, 1.54) is 17.8 Å². The van der Waals surface area contributed by atoms with Crippen LogP contribution in [-0.2, 0) is 0 Å². The van der Waals surface area contributed by atoms with Crippen molar-refractivity contribution in [1.29, 1.82) is 0 Å². The lowest BCUT2D eigenvalue weighted by Gasteiger charge is -2.11. The van der Waals surface area contributed by atoms with E-state index in [0.29, 0.717) is 39.1 Å². The lowest BCUT2D eigenvalue weighted by molar-refractivity contribution is 0.102. The molecule has 0 radical (unpaired) electrons. The first-order valence-electron chi connectivity index (χ1n) is 9.17. The molecule has 0 spiro atoms. The topological polar surface area (TPSA) is 78.8 Å². The Morgan fingerprint density at radius 3 is 2.52 bits per heavy atom. The molecule has 2 N–H and O–H groups in total. The van der Waals surface area contributed by atoms with Gasteiger partial charge in [-0.05, 0) is 68.7 Å². The predicted molar refractivity (Wildman–Crippen MR) is 119 cm³/mol. The number of amides is 1. The molecule has 0 aliphatic heterocycles. The normalized spacial score (nSPS) is 11.3. The summed E-state index contributed by atoms with van der Waals surface area (Å²) in [5.74, 6) is -0.253. The summed E-state index contributed by atoms with van der Waals surface area (Å²) in [5, 5.41) is 14.0. The molecule has 2 aromatic rings. The van der Waals surface area contributed by atoms with Crippen molar-refractivity contribution in [2.24, 2.45) is 5.18 Å². The van der Waals surface area contributed by atoms with Crippen LogP contribution in [0.5, 0.6) is 0 Å². The average molecular weight is 441 g/mol. The van der Waals surface area contributed by atoms with Crippen LogP contribution in [0.1, 0.15) is 41.8 Å². The largest absolute Gasteiger partial charge is 0.396 e. The van der Waals surface area contributed by atoms with Crippen molar-refractivity contribution < 1.29 is 14.3 Å². The molecule has 0 aromatic heterocycles. The molecule has 0 aliphatic carbocycles. The zero-order valence-electron chi connectivity index (χ0n) is 17.0. The van der Waals surface area contributed by atoms with E-state index in [-0.39, 0.29) is 17.8 Å². The Kier molecular flexibility index (Phi) is 10.9. The van der Waals surface area contributed by atoms with Crippen molar-refractivity contribution in [3.63, 3.8) is 0 Å². The van der Waals surface area contributed by atoms with Gasteiger partial charge in [-0.3, -0.25) is 4.79 Å². The third kappa shape index (κ3) is 8.12. The van der Waals surface area contributed by atoms with Crippen LogP contribution >= 0.6 is 23.4 Å². The summed E-state index contributed by atoms with van der Waals surface area (Å²) in [5.41, 5.74) is 2.12. The molecule has 1 unspecified atom stereocenters. The van der Waals surface area contributed by atoms with E-state index in [9.17, 15) is 14.1 Å². The van der Waals surface area contributed by atoms with Gasteiger partial charge in [0.25, 0.3) is 5.91 Å². The van der Waals surface area contributed by atoms with E-state index in [1.54, 1.807) is 45.0 Å². The third-order valence-corrected chi connectivity index (χ3v) is 5.68. The quantitative estimate of drug-likeness (QED) is 0.409. The molecule has 0 saturated heterocycles. The zero-order valence-corrected chi connectivity index (χ0v) is 18.5. The van der Waals surface area contributed by atoms with Gasteiger partial charge in [-0.2, -0.15) is 4.91 Å². The van der Waals surface area contributed by atoms with Crippen molar-refractivity contribution >= 4 is 35.0 Å². The minimum Gasteiger partial charge on any atom is -0.396 e. The molecule has 1 atom stereocenters. The fraction of sp³-hybridized carbons (Fsp3) is 0.381. The van der Waals surface area contributed by atoms with Crippen LogP contribution in [-0.4, -0.2) is 29.4 Å². The summed E-state index contributed by atoms with van der Waals surface area (Å²) in [6.45, 7) is 7.43. The van der Waals surface area contributed by atoms with E-state index in [4.69, 9.17) is 16.7 Å². The van der Waals surface area contributed by atoms with Crippen LogP contribution in [0.15, 0.2) is 40.4 Å². The molecule has 2 rings (SSSR count). The third-order valence-electron chi connectivity index (χ3n) is 3.94. The number of nitrogens with zero attached hydrogens (tertiary/aromatic N) is 1. The maximum absolute atomic E-state index is 13.8. The van der Waals surface area contributed by atoms with Crippen LogP contribution in [0.3, 0.4) is 0 Å². The van der Waals surface area contributed by atoms with Crippen LogP contribution in [0.4, 0.5) is 10.1 Å². The van der Waals surface area contributed by atoms with Crippen molar-refractivity contribution in [3.05, 3.63) is 62.8 Å². The van der Waals surface area contributed by atoms with Crippen molar-refractivity contribution in [1.82, 2.24) is 0 Å². The van der Waals surface area contributed by atoms with E-state index < -0.39 is 0 Å². The summed E-state index contributed by atoms with van der Waals surface area (Å²) in [7, 11) is 0. The number of thioether (sulfide) groups is 1. The van der Waals surface area contributed by atoms with Crippen molar-refractivity contribution in [2.45, 2.75) is 45.1 Å². The van der Waals surface area contributed by atoms with Gasteiger partial charge in [0.2, 0.25) is 0 Å². The van der Waals surface area contributed by atoms with Gasteiger partial charge in [-0.1, -0.05) is 23.7 Å². The highest BCUT2D eigenvalue weighted by Gasteiger charge is 2.12. The SMILES string of the molecule is CCCO.Cc1cc(NC(=O)c2ccc(Cl)c(SCC(C)N=O)c2)cc(F)c1C. The Morgan fingerprint density at radius 1 is 1.31 bits per heavy atom. The van der Waals surface area contributed by atoms with Gasteiger partial charge < -0.3 is 10.4 Å². The first kappa shape index (κ1) is 25.1. The maximum Gasteiger partial charge on any atom is 0.255 e. The number of rotatable bonds is 7. The Morgan fingerprint density at radius 2 is 1.97 bits per heavy atom. The average Bonchev–Trinajstić information content (AvgIpc) is 2.71. The molecular weight excluding hydrogens is 415 g/mol. The minimum absolute atomic E-state index is 0.319. The Labute approximate surface area is 180 Å². The second-order valence-electron chi connectivity index (χ2n) is 6.49. The van der Waals surface area contributed by atoms with E-state index in [2.05, 4.69) is 10.5 Å². The molecule has 1 amide bonds. The van der Waals surface area contributed by atoms with E-state index >= 15 is 0 Å². The van der Waals surface area contributed by atoms with Gasteiger partial charge in [-0.15, -0.1) is 11.8 Å². The summed E-state index contributed by atoms with van der Waals surface area (Å²) < 4.78 is 13.8. The van der Waals surface area contributed by atoms with Crippen LogP contribution in [0.2, 0.25) is 5.02 Å².